The topological polar surface area (TPSA) is 83.4 Å². The van der Waals surface area contributed by atoms with E-state index in [2.05, 4.69) is 10.1 Å². The number of rotatable bonds is 4. The van der Waals surface area contributed by atoms with Crippen LogP contribution >= 0.6 is 0 Å². The molecule has 0 amide bonds. The van der Waals surface area contributed by atoms with Crippen molar-refractivity contribution in [2.24, 2.45) is 5.73 Å². The zero-order valence-corrected chi connectivity index (χ0v) is 12.3. The molecule has 0 aliphatic heterocycles. The highest BCUT2D eigenvalue weighted by Crippen LogP contribution is 2.36. The van der Waals surface area contributed by atoms with Crippen LogP contribution in [0.2, 0.25) is 0 Å². The van der Waals surface area contributed by atoms with E-state index in [0.717, 1.165) is 31.2 Å². The smallest absolute Gasteiger partial charge is 0.258 e. The lowest BCUT2D eigenvalue weighted by atomic mass is 9.99. The maximum atomic E-state index is 6.35. The fourth-order valence-corrected chi connectivity index (χ4v) is 2.70. The standard InChI is InChI=1S/C15H19N3O3/c1-19-11-7-10(8-12(9-11)20-2)13-17-14(18-21-13)15(16)5-3-4-6-15/h7-9H,3-6,16H2,1-2H3. The maximum Gasteiger partial charge on any atom is 0.258 e. The highest BCUT2D eigenvalue weighted by Gasteiger charge is 2.36. The van der Waals surface area contributed by atoms with Crippen molar-refractivity contribution in [1.29, 1.82) is 0 Å². The van der Waals surface area contributed by atoms with Crippen LogP contribution in [0.15, 0.2) is 22.7 Å². The van der Waals surface area contributed by atoms with E-state index in [0.29, 0.717) is 23.2 Å². The Morgan fingerprint density at radius 1 is 1.10 bits per heavy atom. The van der Waals surface area contributed by atoms with E-state index < -0.39 is 5.54 Å². The van der Waals surface area contributed by atoms with Crippen LogP contribution in [0, 0.1) is 0 Å². The summed E-state index contributed by atoms with van der Waals surface area (Å²) in [6.07, 6.45) is 4.00. The summed E-state index contributed by atoms with van der Waals surface area (Å²) in [5.74, 6) is 2.36. The second-order valence-electron chi connectivity index (χ2n) is 5.39. The van der Waals surface area contributed by atoms with Gasteiger partial charge in [-0.3, -0.25) is 0 Å². The summed E-state index contributed by atoms with van der Waals surface area (Å²) in [6.45, 7) is 0. The predicted octanol–water partition coefficient (Wildman–Crippen LogP) is 2.48. The summed E-state index contributed by atoms with van der Waals surface area (Å²) in [5, 5.41) is 4.06. The molecule has 1 saturated carbocycles. The lowest BCUT2D eigenvalue weighted by Gasteiger charge is -2.17. The van der Waals surface area contributed by atoms with E-state index in [1.54, 1.807) is 20.3 Å². The second kappa shape index (κ2) is 5.37. The Labute approximate surface area is 123 Å². The lowest BCUT2D eigenvalue weighted by Crippen LogP contribution is -2.34. The van der Waals surface area contributed by atoms with E-state index in [1.807, 2.05) is 12.1 Å². The number of hydrogen-bond donors (Lipinski definition) is 1. The monoisotopic (exact) mass is 289 g/mol. The van der Waals surface area contributed by atoms with Crippen molar-refractivity contribution in [3.05, 3.63) is 24.0 Å². The van der Waals surface area contributed by atoms with E-state index >= 15 is 0 Å². The van der Waals surface area contributed by atoms with Crippen LogP contribution in [0.3, 0.4) is 0 Å². The highest BCUT2D eigenvalue weighted by atomic mass is 16.5. The third-order valence-corrected chi connectivity index (χ3v) is 3.97. The molecule has 0 spiro atoms. The second-order valence-corrected chi connectivity index (χ2v) is 5.39. The van der Waals surface area contributed by atoms with E-state index in [1.165, 1.54) is 0 Å². The van der Waals surface area contributed by atoms with Gasteiger partial charge in [0, 0.05) is 11.6 Å². The number of aromatic nitrogens is 2. The number of nitrogens with two attached hydrogens (primary N) is 1. The van der Waals surface area contributed by atoms with Crippen LogP contribution in [0.4, 0.5) is 0 Å². The SMILES string of the molecule is COc1cc(OC)cc(-c2nc(C3(N)CCCC3)no2)c1. The van der Waals surface area contributed by atoms with E-state index in [-0.39, 0.29) is 0 Å². The van der Waals surface area contributed by atoms with E-state index in [4.69, 9.17) is 19.7 Å². The van der Waals surface area contributed by atoms with Crippen molar-refractivity contribution in [3.63, 3.8) is 0 Å². The molecule has 1 aromatic heterocycles. The minimum atomic E-state index is -0.454. The summed E-state index contributed by atoms with van der Waals surface area (Å²) >= 11 is 0. The van der Waals surface area contributed by atoms with Gasteiger partial charge < -0.3 is 19.7 Å². The van der Waals surface area contributed by atoms with Crippen molar-refractivity contribution < 1.29 is 14.0 Å². The molecule has 6 nitrogen and oxygen atoms in total. The number of nitrogens with zero attached hydrogens (tertiary/aromatic N) is 2. The molecule has 0 atom stereocenters. The molecule has 1 heterocycles. The summed E-state index contributed by atoms with van der Waals surface area (Å²) in [6, 6.07) is 5.46. The van der Waals surface area contributed by atoms with Gasteiger partial charge in [-0.1, -0.05) is 18.0 Å². The van der Waals surface area contributed by atoms with Crippen molar-refractivity contribution >= 4 is 0 Å². The number of benzene rings is 1. The van der Waals surface area contributed by atoms with Crippen LogP contribution < -0.4 is 15.2 Å². The molecule has 112 valence electrons. The van der Waals surface area contributed by atoms with Gasteiger partial charge >= 0.3 is 0 Å². The van der Waals surface area contributed by atoms with Gasteiger partial charge in [-0.2, -0.15) is 4.98 Å². The lowest BCUT2D eigenvalue weighted by molar-refractivity contribution is 0.371. The Kier molecular flexibility index (Phi) is 3.55. The third kappa shape index (κ3) is 2.58. The van der Waals surface area contributed by atoms with E-state index in [9.17, 15) is 0 Å². The Balaban J connectivity index is 1.96. The molecule has 1 fully saturated rings. The third-order valence-electron chi connectivity index (χ3n) is 3.97. The Bertz CT molecular complexity index is 611. The minimum Gasteiger partial charge on any atom is -0.497 e. The molecule has 2 N–H and O–H groups in total. The van der Waals surface area contributed by atoms with Gasteiger partial charge in [0.15, 0.2) is 5.82 Å². The summed E-state index contributed by atoms with van der Waals surface area (Å²) in [5.41, 5.74) is 6.65. The molecule has 0 bridgehead atoms. The number of ether oxygens (including phenoxy) is 2. The quantitative estimate of drug-likeness (QED) is 0.931. The van der Waals surface area contributed by atoms with Crippen molar-refractivity contribution in [2.45, 2.75) is 31.2 Å². The first kappa shape index (κ1) is 13.9. The molecule has 2 aromatic rings. The van der Waals surface area contributed by atoms with Gasteiger partial charge in [-0.25, -0.2) is 0 Å². The largest absolute Gasteiger partial charge is 0.497 e. The average Bonchev–Trinajstić information content (AvgIpc) is 3.16. The molecule has 0 unspecified atom stereocenters. The van der Waals surface area contributed by atoms with Crippen LogP contribution in [0.1, 0.15) is 31.5 Å². The number of hydrogen-bond acceptors (Lipinski definition) is 6. The van der Waals surface area contributed by atoms with Gasteiger partial charge in [0.1, 0.15) is 11.5 Å². The molecular formula is C15H19N3O3. The Morgan fingerprint density at radius 2 is 1.71 bits per heavy atom. The maximum absolute atomic E-state index is 6.35. The van der Waals surface area contributed by atoms with Gasteiger partial charge in [-0.15, -0.1) is 0 Å². The van der Waals surface area contributed by atoms with Crippen molar-refractivity contribution in [2.75, 3.05) is 14.2 Å². The summed E-state index contributed by atoms with van der Waals surface area (Å²) < 4.78 is 15.9. The Hall–Kier alpha value is -2.08. The highest BCUT2D eigenvalue weighted by molar-refractivity contribution is 5.59. The van der Waals surface area contributed by atoms with Gasteiger partial charge in [-0.05, 0) is 25.0 Å². The first-order valence-corrected chi connectivity index (χ1v) is 7.01. The molecular weight excluding hydrogens is 270 g/mol. The molecule has 1 aliphatic carbocycles. The van der Waals surface area contributed by atoms with Crippen LogP contribution in [-0.2, 0) is 5.54 Å². The van der Waals surface area contributed by atoms with Crippen LogP contribution in [0.25, 0.3) is 11.5 Å². The Morgan fingerprint density at radius 3 is 2.29 bits per heavy atom. The fraction of sp³-hybridized carbons (Fsp3) is 0.467. The molecule has 1 aromatic carbocycles. The van der Waals surface area contributed by atoms with Gasteiger partial charge in [0.25, 0.3) is 5.89 Å². The normalized spacial score (nSPS) is 16.9. The van der Waals surface area contributed by atoms with Crippen molar-refractivity contribution in [1.82, 2.24) is 10.1 Å². The molecule has 0 radical (unpaired) electrons. The molecule has 1 aliphatic rings. The molecule has 0 saturated heterocycles. The first-order valence-electron chi connectivity index (χ1n) is 7.01. The van der Waals surface area contributed by atoms with Crippen LogP contribution in [-0.4, -0.2) is 24.4 Å². The minimum absolute atomic E-state index is 0.430. The zero-order chi connectivity index (χ0) is 14.9. The molecule has 3 rings (SSSR count). The average molecular weight is 289 g/mol. The van der Waals surface area contributed by atoms with Crippen molar-refractivity contribution in [3.8, 4) is 23.0 Å². The first-order chi connectivity index (χ1) is 10.1. The molecule has 6 heteroatoms. The predicted molar refractivity (Wildman–Crippen MR) is 77.2 cm³/mol. The molecule has 21 heavy (non-hydrogen) atoms. The summed E-state index contributed by atoms with van der Waals surface area (Å²) in [4.78, 5) is 4.47. The van der Waals surface area contributed by atoms with Crippen LogP contribution in [0.5, 0.6) is 11.5 Å². The van der Waals surface area contributed by atoms with Gasteiger partial charge in [0.05, 0.1) is 19.8 Å². The zero-order valence-electron chi connectivity index (χ0n) is 12.3. The van der Waals surface area contributed by atoms with Gasteiger partial charge in [0.2, 0.25) is 0 Å². The number of methoxy groups -OCH3 is 2. The summed E-state index contributed by atoms with van der Waals surface area (Å²) in [7, 11) is 3.20. The fourth-order valence-electron chi connectivity index (χ4n) is 2.70.